The third-order valence-corrected chi connectivity index (χ3v) is 5.78. The fourth-order valence-corrected chi connectivity index (χ4v) is 3.98. The van der Waals surface area contributed by atoms with Crippen molar-refractivity contribution in [2.45, 2.75) is 40.0 Å². The van der Waals surface area contributed by atoms with Crippen LogP contribution in [0.3, 0.4) is 0 Å². The summed E-state index contributed by atoms with van der Waals surface area (Å²) in [5.41, 5.74) is 6.08. The molecular formula is C25H31N6O2+. The van der Waals surface area contributed by atoms with Crippen molar-refractivity contribution in [2.24, 2.45) is 7.05 Å². The van der Waals surface area contributed by atoms with Gasteiger partial charge in [-0.1, -0.05) is 19.9 Å². The number of nitrogens with zero attached hydrogens (tertiary/aromatic N) is 5. The second kappa shape index (κ2) is 9.05. The number of aromatic amines is 1. The number of H-pyrrole nitrogens is 1. The van der Waals surface area contributed by atoms with Gasteiger partial charge in [-0.25, -0.2) is 9.97 Å². The van der Waals surface area contributed by atoms with E-state index in [1.807, 2.05) is 41.5 Å². The van der Waals surface area contributed by atoms with Crippen LogP contribution in [-0.4, -0.2) is 38.8 Å². The predicted octanol–water partition coefficient (Wildman–Crippen LogP) is 3.83. The summed E-state index contributed by atoms with van der Waals surface area (Å²) in [5, 5.41) is 3.36. The highest BCUT2D eigenvalue weighted by Gasteiger charge is 2.23. The second-order valence-corrected chi connectivity index (χ2v) is 8.55. The zero-order chi connectivity index (χ0) is 23.7. The minimum absolute atomic E-state index is 0.372. The molecule has 3 aromatic heterocycles. The lowest BCUT2D eigenvalue weighted by molar-refractivity contribution is -0.718. The Bertz CT molecular complexity index is 1290. The molecule has 0 fully saturated rings. The molecule has 0 aliphatic carbocycles. The molecule has 33 heavy (non-hydrogen) atoms. The van der Waals surface area contributed by atoms with E-state index in [0.29, 0.717) is 18.2 Å². The van der Waals surface area contributed by atoms with Crippen LogP contribution in [-0.2, 0) is 13.5 Å². The largest absolute Gasteiger partial charge is 0.496 e. The van der Waals surface area contributed by atoms with E-state index in [2.05, 4.69) is 43.0 Å². The molecule has 0 spiro atoms. The third-order valence-electron chi connectivity index (χ3n) is 5.78. The zero-order valence-electron chi connectivity index (χ0n) is 20.3. The lowest BCUT2D eigenvalue weighted by Gasteiger charge is -2.15. The number of aryl methyl sites for hydroxylation is 3. The number of methoxy groups -OCH3 is 2. The van der Waals surface area contributed by atoms with E-state index in [-0.39, 0.29) is 0 Å². The Hall–Kier alpha value is -3.68. The summed E-state index contributed by atoms with van der Waals surface area (Å²) < 4.78 is 14.9. The Labute approximate surface area is 194 Å². The Morgan fingerprint density at radius 3 is 2.52 bits per heavy atom. The Morgan fingerprint density at radius 1 is 1.09 bits per heavy atom. The SMILES string of the molecule is COc1cc(C)c(Cc2nc(-c3ccc(-n4cnc(C)c4)c(OC)n3)[n+](C)[nH]2)cc1C(C)C. The maximum Gasteiger partial charge on any atom is 0.369 e. The Balaban J connectivity index is 1.66. The molecule has 8 nitrogen and oxygen atoms in total. The van der Waals surface area contributed by atoms with Gasteiger partial charge in [0, 0.05) is 6.20 Å². The standard InChI is InChI=1S/C25H30N6O2/c1-15(2)19-11-18(16(3)10-22(19)32-6)12-23-28-24(30(5)29-23)20-8-9-21(25(27-20)33-7)31-13-17(4)26-14-31/h8-11,13-15H,12H2,1-7H3/p+1. The van der Waals surface area contributed by atoms with Gasteiger partial charge in [0.25, 0.3) is 5.82 Å². The van der Waals surface area contributed by atoms with Crippen LogP contribution in [0.1, 0.15) is 48.0 Å². The normalized spacial score (nSPS) is 11.3. The van der Waals surface area contributed by atoms with Crippen molar-refractivity contribution in [3.8, 4) is 28.8 Å². The number of aromatic nitrogens is 6. The average Bonchev–Trinajstić information content (AvgIpc) is 3.39. The maximum atomic E-state index is 5.59. The number of nitrogens with one attached hydrogen (secondary N) is 1. The molecule has 0 saturated carbocycles. The molecule has 172 valence electrons. The summed E-state index contributed by atoms with van der Waals surface area (Å²) in [7, 11) is 5.28. The van der Waals surface area contributed by atoms with Crippen molar-refractivity contribution < 1.29 is 14.2 Å². The molecule has 4 rings (SSSR count). The van der Waals surface area contributed by atoms with Gasteiger partial charge in [0.15, 0.2) is 5.69 Å². The highest BCUT2D eigenvalue weighted by atomic mass is 16.5. The monoisotopic (exact) mass is 447 g/mol. The van der Waals surface area contributed by atoms with E-state index in [1.54, 1.807) is 20.5 Å². The van der Waals surface area contributed by atoms with Gasteiger partial charge in [0.2, 0.25) is 5.88 Å². The number of hydrogen-bond donors (Lipinski definition) is 1. The first kappa shape index (κ1) is 22.5. The van der Waals surface area contributed by atoms with Crippen molar-refractivity contribution in [2.75, 3.05) is 14.2 Å². The van der Waals surface area contributed by atoms with Gasteiger partial charge in [0.1, 0.15) is 18.5 Å². The topological polar surface area (TPSA) is 81.7 Å². The summed E-state index contributed by atoms with van der Waals surface area (Å²) in [6.07, 6.45) is 4.38. The van der Waals surface area contributed by atoms with Gasteiger partial charge in [-0.2, -0.15) is 9.78 Å². The predicted molar refractivity (Wildman–Crippen MR) is 126 cm³/mol. The van der Waals surface area contributed by atoms with Crippen molar-refractivity contribution in [1.29, 1.82) is 0 Å². The van der Waals surface area contributed by atoms with Gasteiger partial charge in [-0.3, -0.25) is 0 Å². The first-order valence-electron chi connectivity index (χ1n) is 11.0. The van der Waals surface area contributed by atoms with Crippen LogP contribution >= 0.6 is 0 Å². The minimum Gasteiger partial charge on any atom is -0.496 e. The van der Waals surface area contributed by atoms with E-state index in [4.69, 9.17) is 19.4 Å². The van der Waals surface area contributed by atoms with Gasteiger partial charge in [-0.15, -0.1) is 0 Å². The van der Waals surface area contributed by atoms with E-state index >= 15 is 0 Å². The molecular weight excluding hydrogens is 416 g/mol. The van der Waals surface area contributed by atoms with Crippen LogP contribution in [0, 0.1) is 13.8 Å². The van der Waals surface area contributed by atoms with Gasteiger partial charge in [-0.05, 0) is 59.6 Å². The second-order valence-electron chi connectivity index (χ2n) is 8.55. The smallest absolute Gasteiger partial charge is 0.369 e. The van der Waals surface area contributed by atoms with Gasteiger partial charge in [0.05, 0.1) is 32.7 Å². The summed E-state index contributed by atoms with van der Waals surface area (Å²) in [6, 6.07) is 8.25. The molecule has 0 bridgehead atoms. The fraction of sp³-hybridized carbons (Fsp3) is 0.360. The quantitative estimate of drug-likeness (QED) is 0.436. The molecule has 0 aliphatic heterocycles. The molecule has 1 aromatic carbocycles. The van der Waals surface area contributed by atoms with Crippen molar-refractivity contribution in [3.63, 3.8) is 0 Å². The molecule has 0 aliphatic rings. The minimum atomic E-state index is 0.372. The van der Waals surface area contributed by atoms with E-state index < -0.39 is 0 Å². The number of rotatable bonds is 7. The van der Waals surface area contributed by atoms with Crippen molar-refractivity contribution in [3.05, 3.63) is 65.0 Å². The average molecular weight is 448 g/mol. The molecule has 1 N–H and O–H groups in total. The summed E-state index contributed by atoms with van der Waals surface area (Å²) in [5.74, 6) is 3.43. The van der Waals surface area contributed by atoms with Crippen molar-refractivity contribution >= 4 is 0 Å². The lowest BCUT2D eigenvalue weighted by Crippen LogP contribution is -2.32. The summed E-state index contributed by atoms with van der Waals surface area (Å²) in [4.78, 5) is 13.9. The highest BCUT2D eigenvalue weighted by molar-refractivity contribution is 5.54. The van der Waals surface area contributed by atoms with E-state index in [1.165, 1.54) is 16.7 Å². The first-order valence-corrected chi connectivity index (χ1v) is 11.0. The van der Waals surface area contributed by atoms with Crippen LogP contribution in [0.2, 0.25) is 0 Å². The zero-order valence-corrected chi connectivity index (χ0v) is 20.3. The van der Waals surface area contributed by atoms with Crippen LogP contribution in [0.25, 0.3) is 17.2 Å². The Morgan fingerprint density at radius 2 is 1.88 bits per heavy atom. The molecule has 3 heterocycles. The molecule has 8 heteroatoms. The van der Waals surface area contributed by atoms with Gasteiger partial charge < -0.3 is 14.0 Å². The fourth-order valence-electron chi connectivity index (χ4n) is 3.98. The molecule has 0 unspecified atom stereocenters. The molecule has 0 atom stereocenters. The number of pyridine rings is 1. The highest BCUT2D eigenvalue weighted by Crippen LogP contribution is 2.30. The molecule has 0 saturated heterocycles. The van der Waals surface area contributed by atoms with Gasteiger partial charge >= 0.3 is 5.82 Å². The van der Waals surface area contributed by atoms with Crippen LogP contribution in [0.15, 0.2) is 36.8 Å². The number of ether oxygens (including phenoxy) is 2. The number of benzene rings is 1. The van der Waals surface area contributed by atoms with E-state index in [0.717, 1.165) is 34.5 Å². The first-order chi connectivity index (χ1) is 15.8. The van der Waals surface area contributed by atoms with Crippen LogP contribution in [0.4, 0.5) is 0 Å². The molecule has 4 aromatic rings. The summed E-state index contributed by atoms with van der Waals surface area (Å²) >= 11 is 0. The molecule has 0 amide bonds. The van der Waals surface area contributed by atoms with Crippen LogP contribution < -0.4 is 14.2 Å². The lowest BCUT2D eigenvalue weighted by atomic mass is 9.95. The number of imidazole rings is 1. The van der Waals surface area contributed by atoms with Crippen LogP contribution in [0.5, 0.6) is 11.6 Å². The van der Waals surface area contributed by atoms with E-state index in [9.17, 15) is 0 Å². The Kier molecular flexibility index (Phi) is 6.18. The third kappa shape index (κ3) is 4.46. The summed E-state index contributed by atoms with van der Waals surface area (Å²) in [6.45, 7) is 8.41. The number of hydrogen-bond acceptors (Lipinski definition) is 5. The van der Waals surface area contributed by atoms with Crippen molar-refractivity contribution in [1.82, 2.24) is 24.6 Å². The molecule has 0 radical (unpaired) electrons. The maximum absolute atomic E-state index is 5.59.